The number of aromatic nitrogens is 3. The molecule has 0 atom stereocenters. The zero-order valence-electron chi connectivity index (χ0n) is 17.3. The Hall–Kier alpha value is -3.98. The van der Waals surface area contributed by atoms with Crippen molar-refractivity contribution in [1.82, 2.24) is 15.0 Å². The Bertz CT molecular complexity index is 1530. The number of hydrogen-bond acceptors (Lipinski definition) is 2. The van der Waals surface area contributed by atoms with E-state index in [2.05, 4.69) is 78.6 Å². The van der Waals surface area contributed by atoms with E-state index in [-0.39, 0.29) is 0 Å². The minimum atomic E-state index is 0.875. The van der Waals surface area contributed by atoms with E-state index in [9.17, 15) is 0 Å². The lowest BCUT2D eigenvalue weighted by Crippen LogP contribution is -2.00. The third-order valence-corrected chi connectivity index (χ3v) is 6.01. The number of hydrogen-bond donors (Lipinski definition) is 1. The molecule has 0 spiro atoms. The molecule has 0 aliphatic carbocycles. The van der Waals surface area contributed by atoms with E-state index in [1.165, 1.54) is 21.7 Å². The maximum absolute atomic E-state index is 5.27. The molecule has 2 aromatic heterocycles. The molecule has 0 aliphatic rings. The van der Waals surface area contributed by atoms with Gasteiger partial charge < -0.3 is 4.98 Å². The van der Waals surface area contributed by atoms with E-state index in [0.29, 0.717) is 0 Å². The second-order valence-electron chi connectivity index (χ2n) is 7.82. The van der Waals surface area contributed by atoms with Gasteiger partial charge in [-0.05, 0) is 29.5 Å². The van der Waals surface area contributed by atoms with E-state index < -0.39 is 0 Å². The third-order valence-electron chi connectivity index (χ3n) is 6.01. The van der Waals surface area contributed by atoms with Gasteiger partial charge in [0.2, 0.25) is 0 Å². The Balaban J connectivity index is 1.78. The van der Waals surface area contributed by atoms with Crippen LogP contribution in [0, 0.1) is 0 Å². The lowest BCUT2D eigenvalue weighted by Gasteiger charge is -2.16. The number of pyridine rings is 1. The Morgan fingerprint density at radius 3 is 2.32 bits per heavy atom. The molecule has 0 unspecified atom stereocenters. The molecule has 6 rings (SSSR count). The molecule has 0 bridgehead atoms. The van der Waals surface area contributed by atoms with Gasteiger partial charge >= 0.3 is 0 Å². The molecule has 4 aromatic carbocycles. The lowest BCUT2D eigenvalue weighted by molar-refractivity contribution is 1.14. The Labute approximate surface area is 180 Å². The van der Waals surface area contributed by atoms with Crippen LogP contribution < -0.4 is 0 Å². The fourth-order valence-corrected chi connectivity index (χ4v) is 4.56. The van der Waals surface area contributed by atoms with Crippen molar-refractivity contribution < 1.29 is 0 Å². The minimum absolute atomic E-state index is 0.875. The summed E-state index contributed by atoms with van der Waals surface area (Å²) in [6, 6.07) is 31.5. The van der Waals surface area contributed by atoms with E-state index in [1.807, 2.05) is 24.3 Å². The van der Waals surface area contributed by atoms with E-state index in [4.69, 9.17) is 9.97 Å². The number of aryl methyl sites for hydroxylation is 1. The van der Waals surface area contributed by atoms with Crippen molar-refractivity contribution >= 4 is 32.7 Å². The molecule has 0 fully saturated rings. The van der Waals surface area contributed by atoms with Crippen LogP contribution in [0.15, 0.2) is 91.0 Å². The van der Waals surface area contributed by atoms with Crippen molar-refractivity contribution in [3.63, 3.8) is 0 Å². The van der Waals surface area contributed by atoms with Gasteiger partial charge in [0.25, 0.3) is 0 Å². The summed E-state index contributed by atoms with van der Waals surface area (Å²) in [5.41, 5.74) is 7.49. The molecule has 31 heavy (non-hydrogen) atoms. The number of imidazole rings is 1. The molecular weight excluding hydrogens is 378 g/mol. The minimum Gasteiger partial charge on any atom is -0.338 e. The summed E-state index contributed by atoms with van der Waals surface area (Å²) in [6.07, 6.45) is 0.892. The van der Waals surface area contributed by atoms with Gasteiger partial charge in [0.15, 0.2) is 0 Å². The molecule has 1 N–H and O–H groups in total. The first-order chi connectivity index (χ1) is 15.3. The molecule has 0 amide bonds. The van der Waals surface area contributed by atoms with Gasteiger partial charge in [-0.15, -0.1) is 0 Å². The maximum atomic E-state index is 5.27. The standard InChI is InChI=1S/C28H21N3/c1-2-20-22-17-16-18-10-6-7-13-21(18)27(22)31-26(19-11-4-3-5-12-19)25(20)28-29-23-14-8-9-15-24(23)30-28/h3-17H,2H2,1H3,(H,29,30). The van der Waals surface area contributed by atoms with Crippen molar-refractivity contribution in [1.29, 1.82) is 0 Å². The average Bonchev–Trinajstić information content (AvgIpc) is 3.27. The molecule has 0 saturated heterocycles. The topological polar surface area (TPSA) is 41.6 Å². The number of rotatable bonds is 3. The van der Waals surface area contributed by atoms with Gasteiger partial charge in [-0.3, -0.25) is 0 Å². The Morgan fingerprint density at radius 2 is 1.48 bits per heavy atom. The second kappa shape index (κ2) is 7.06. The van der Waals surface area contributed by atoms with Crippen LogP contribution in [0.3, 0.4) is 0 Å². The van der Waals surface area contributed by atoms with Gasteiger partial charge in [0.1, 0.15) is 5.82 Å². The summed E-state index contributed by atoms with van der Waals surface area (Å²) in [6.45, 7) is 2.21. The van der Waals surface area contributed by atoms with E-state index in [1.54, 1.807) is 0 Å². The van der Waals surface area contributed by atoms with Crippen LogP contribution >= 0.6 is 0 Å². The highest BCUT2D eigenvalue weighted by atomic mass is 14.9. The number of H-pyrrole nitrogens is 1. The fourth-order valence-electron chi connectivity index (χ4n) is 4.56. The summed E-state index contributed by atoms with van der Waals surface area (Å²) in [7, 11) is 0. The van der Waals surface area contributed by atoms with Crippen molar-refractivity contribution in [2.24, 2.45) is 0 Å². The molecule has 3 nitrogen and oxygen atoms in total. The summed E-state index contributed by atoms with van der Waals surface area (Å²) in [4.78, 5) is 13.8. The van der Waals surface area contributed by atoms with Gasteiger partial charge in [-0.2, -0.15) is 0 Å². The van der Waals surface area contributed by atoms with Crippen LogP contribution in [0.2, 0.25) is 0 Å². The zero-order chi connectivity index (χ0) is 20.8. The van der Waals surface area contributed by atoms with E-state index in [0.717, 1.165) is 45.6 Å². The summed E-state index contributed by atoms with van der Waals surface area (Å²) in [5.74, 6) is 0.875. The molecule has 3 heteroatoms. The Kier molecular flexibility index (Phi) is 4.07. The highest BCUT2D eigenvalue weighted by Crippen LogP contribution is 2.39. The first-order valence-corrected chi connectivity index (χ1v) is 10.7. The average molecular weight is 399 g/mol. The first-order valence-electron chi connectivity index (χ1n) is 10.7. The van der Waals surface area contributed by atoms with Gasteiger partial charge in [-0.1, -0.05) is 85.8 Å². The lowest BCUT2D eigenvalue weighted by atomic mass is 9.93. The number of benzene rings is 4. The highest BCUT2D eigenvalue weighted by molar-refractivity contribution is 6.09. The molecular formula is C28H21N3. The molecule has 2 heterocycles. The second-order valence-corrected chi connectivity index (χ2v) is 7.82. The quantitative estimate of drug-likeness (QED) is 0.321. The molecule has 0 saturated carbocycles. The van der Waals surface area contributed by atoms with Crippen LogP contribution in [0.4, 0.5) is 0 Å². The first kappa shape index (κ1) is 17.8. The molecule has 0 aliphatic heterocycles. The largest absolute Gasteiger partial charge is 0.338 e. The van der Waals surface area contributed by atoms with Gasteiger partial charge in [0, 0.05) is 21.9 Å². The van der Waals surface area contributed by atoms with E-state index >= 15 is 0 Å². The molecule has 0 radical (unpaired) electrons. The fraction of sp³-hybridized carbons (Fsp3) is 0.0714. The SMILES string of the molecule is CCc1c(-c2nc3ccccc3[nH]2)c(-c2ccccc2)nc2c1ccc1ccccc12. The predicted octanol–water partition coefficient (Wildman–Crippen LogP) is 7.16. The number of para-hydroxylation sites is 2. The zero-order valence-corrected chi connectivity index (χ0v) is 17.3. The predicted molar refractivity (Wildman–Crippen MR) is 129 cm³/mol. The van der Waals surface area contributed by atoms with Gasteiger partial charge in [-0.25, -0.2) is 9.97 Å². The van der Waals surface area contributed by atoms with Crippen molar-refractivity contribution in [2.75, 3.05) is 0 Å². The number of fused-ring (bicyclic) bond motifs is 4. The van der Waals surface area contributed by atoms with Crippen LogP contribution in [0.5, 0.6) is 0 Å². The smallest absolute Gasteiger partial charge is 0.141 e. The van der Waals surface area contributed by atoms with Crippen LogP contribution in [-0.4, -0.2) is 15.0 Å². The molecule has 6 aromatic rings. The number of nitrogens with zero attached hydrogens (tertiary/aromatic N) is 2. The van der Waals surface area contributed by atoms with Gasteiger partial charge in [0.05, 0.1) is 22.2 Å². The monoisotopic (exact) mass is 399 g/mol. The van der Waals surface area contributed by atoms with Crippen molar-refractivity contribution in [3.8, 4) is 22.6 Å². The van der Waals surface area contributed by atoms with Crippen molar-refractivity contribution in [3.05, 3.63) is 96.6 Å². The van der Waals surface area contributed by atoms with Crippen LogP contribution in [0.1, 0.15) is 12.5 Å². The maximum Gasteiger partial charge on any atom is 0.141 e. The van der Waals surface area contributed by atoms with Crippen molar-refractivity contribution in [2.45, 2.75) is 13.3 Å². The van der Waals surface area contributed by atoms with Crippen LogP contribution in [-0.2, 0) is 6.42 Å². The third kappa shape index (κ3) is 2.82. The normalized spacial score (nSPS) is 11.5. The highest BCUT2D eigenvalue weighted by Gasteiger charge is 2.20. The summed E-state index contributed by atoms with van der Waals surface area (Å²) < 4.78 is 0. The summed E-state index contributed by atoms with van der Waals surface area (Å²) >= 11 is 0. The number of nitrogens with one attached hydrogen (secondary N) is 1. The van der Waals surface area contributed by atoms with Crippen LogP contribution in [0.25, 0.3) is 55.4 Å². The Morgan fingerprint density at radius 1 is 0.710 bits per heavy atom. The molecule has 148 valence electrons. The summed E-state index contributed by atoms with van der Waals surface area (Å²) in [5, 5.41) is 3.58. The number of aromatic amines is 1.